The average molecular weight is 704 g/mol. The lowest BCUT2D eigenvalue weighted by Gasteiger charge is -2.51. The number of hydrogen-bond donors (Lipinski definition) is 11. The van der Waals surface area contributed by atoms with Crippen LogP contribution in [0.2, 0.25) is 0 Å². The Bertz CT molecular complexity index is 967. The minimum Gasteiger partial charge on any atom is -0.394 e. The summed E-state index contributed by atoms with van der Waals surface area (Å²) in [6, 6.07) is 0. The van der Waals surface area contributed by atoms with Gasteiger partial charge in [-0.25, -0.2) is 0 Å². The van der Waals surface area contributed by atoms with E-state index in [1.807, 2.05) is 0 Å². The van der Waals surface area contributed by atoms with Crippen LogP contribution in [-0.4, -0.2) is 195 Å². The second-order valence-corrected chi connectivity index (χ2v) is 12.9. The van der Waals surface area contributed by atoms with Crippen LogP contribution in [0.1, 0.15) is 27.2 Å². The maximum absolute atomic E-state index is 11.4. The lowest BCUT2D eigenvalue weighted by atomic mass is 9.91. The van der Waals surface area contributed by atoms with Gasteiger partial charge in [0.15, 0.2) is 25.2 Å². The van der Waals surface area contributed by atoms with E-state index in [2.05, 4.69) is 0 Å². The zero-order valence-corrected chi connectivity index (χ0v) is 27.1. The molecule has 8 unspecified atom stereocenters. The number of aliphatic hydroxyl groups excluding tert-OH is 10. The summed E-state index contributed by atoms with van der Waals surface area (Å²) in [6.07, 6.45) is -25.6. The van der Waals surface area contributed by atoms with Crippen molar-refractivity contribution in [2.24, 2.45) is 17.6 Å². The summed E-state index contributed by atoms with van der Waals surface area (Å²) in [5, 5.41) is 105. The number of hydrogen-bond acceptors (Lipinski definition) is 19. The molecule has 0 aliphatic carbocycles. The first-order chi connectivity index (χ1) is 22.8. The van der Waals surface area contributed by atoms with Gasteiger partial charge in [-0.15, -0.1) is 0 Å². The first-order valence-corrected chi connectivity index (χ1v) is 16.3. The van der Waals surface area contributed by atoms with Crippen molar-refractivity contribution in [2.75, 3.05) is 33.0 Å². The van der Waals surface area contributed by atoms with Crippen molar-refractivity contribution in [3.8, 4) is 0 Å². The van der Waals surface area contributed by atoms with Crippen LogP contribution in [-0.2, 0) is 37.9 Å². The first kappa shape index (κ1) is 40.0. The molecule has 0 saturated carbocycles. The van der Waals surface area contributed by atoms with E-state index in [1.165, 1.54) is 13.8 Å². The van der Waals surface area contributed by atoms with E-state index in [9.17, 15) is 51.1 Å². The van der Waals surface area contributed by atoms with Gasteiger partial charge >= 0.3 is 0 Å². The van der Waals surface area contributed by atoms with E-state index in [4.69, 9.17) is 43.6 Å². The molecule has 0 aromatic rings. The van der Waals surface area contributed by atoms with Gasteiger partial charge in [0, 0.05) is 11.8 Å². The molecular weight excluding hydrogens is 650 g/mol. The molecule has 4 aliphatic heterocycles. The third-order valence-electron chi connectivity index (χ3n) is 9.46. The molecule has 282 valence electrons. The molecule has 4 rings (SSSR count). The molecule has 20 atom stereocenters. The maximum atomic E-state index is 11.4. The Kier molecular flexibility index (Phi) is 14.7. The molecule has 0 aromatic carbocycles. The molecule has 12 N–H and O–H groups in total. The van der Waals surface area contributed by atoms with Gasteiger partial charge in [-0.1, -0.05) is 13.8 Å². The van der Waals surface area contributed by atoms with Crippen molar-refractivity contribution in [3.63, 3.8) is 0 Å². The van der Waals surface area contributed by atoms with E-state index in [0.717, 1.165) is 0 Å². The van der Waals surface area contributed by atoms with E-state index in [-0.39, 0.29) is 6.61 Å². The summed E-state index contributed by atoms with van der Waals surface area (Å²) in [4.78, 5) is 0. The molecular formula is C29H53NO18. The first-order valence-electron chi connectivity index (χ1n) is 16.3. The molecule has 19 nitrogen and oxygen atoms in total. The third kappa shape index (κ3) is 8.47. The third-order valence-corrected chi connectivity index (χ3v) is 9.46. The standard InChI is InChI=1S/C29H53NO18/c1-10-16(34)19(37)13(7-31)43-27(10)47-24-20(38)14(8-32)44-29(25(24)48-28-22(40)21(39)18(36)12(3)42-28)46-23-15(9-33)45-26(11(2)17(23)35)41-6-4-5-30/h10-29,31-40H,4-9,30H2,1-3H3/t10?,11?,12?,13?,14?,15?,16-,17-,18-,19+,20+,21+,22?,23-,24+,25?,26-,27-,28+,29+/m1/s1. The number of aliphatic hydroxyl groups is 10. The van der Waals surface area contributed by atoms with E-state index in [1.54, 1.807) is 6.92 Å². The van der Waals surface area contributed by atoms with Crippen molar-refractivity contribution < 1.29 is 89.0 Å². The van der Waals surface area contributed by atoms with Crippen LogP contribution in [0, 0.1) is 11.8 Å². The smallest absolute Gasteiger partial charge is 0.187 e. The van der Waals surface area contributed by atoms with E-state index < -0.39 is 142 Å². The zero-order valence-electron chi connectivity index (χ0n) is 27.1. The van der Waals surface area contributed by atoms with Gasteiger partial charge in [0.2, 0.25) is 0 Å². The lowest BCUT2D eigenvalue weighted by Crippen LogP contribution is -2.67. The van der Waals surface area contributed by atoms with Crippen molar-refractivity contribution in [1.29, 1.82) is 0 Å². The topological polar surface area (TPSA) is 302 Å². The Morgan fingerprint density at radius 3 is 1.67 bits per heavy atom. The summed E-state index contributed by atoms with van der Waals surface area (Å²) >= 11 is 0. The van der Waals surface area contributed by atoms with Gasteiger partial charge in [0.25, 0.3) is 0 Å². The fourth-order valence-electron chi connectivity index (χ4n) is 6.26. The number of rotatable bonds is 13. The van der Waals surface area contributed by atoms with E-state index >= 15 is 0 Å². The van der Waals surface area contributed by atoms with Crippen LogP contribution in [0.25, 0.3) is 0 Å². The molecule has 48 heavy (non-hydrogen) atoms. The monoisotopic (exact) mass is 703 g/mol. The lowest BCUT2D eigenvalue weighted by molar-refractivity contribution is -0.401. The molecule has 4 aliphatic rings. The van der Waals surface area contributed by atoms with Gasteiger partial charge < -0.3 is 94.7 Å². The minimum absolute atomic E-state index is 0.228. The fraction of sp³-hybridized carbons (Fsp3) is 1.00. The molecule has 0 spiro atoms. The molecule has 0 radical (unpaired) electrons. The Labute approximate surface area is 277 Å². The molecule has 19 heteroatoms. The largest absolute Gasteiger partial charge is 0.394 e. The van der Waals surface area contributed by atoms with Gasteiger partial charge in [-0.2, -0.15) is 0 Å². The number of ether oxygens (including phenoxy) is 8. The summed E-state index contributed by atoms with van der Waals surface area (Å²) in [5.41, 5.74) is 5.54. The molecule has 4 heterocycles. The minimum atomic E-state index is -1.83. The van der Waals surface area contributed by atoms with Crippen LogP contribution in [0.3, 0.4) is 0 Å². The normalized spacial score (nSPS) is 50.4. The van der Waals surface area contributed by atoms with E-state index in [0.29, 0.717) is 13.0 Å². The van der Waals surface area contributed by atoms with Crippen LogP contribution in [0.15, 0.2) is 0 Å². The summed E-state index contributed by atoms with van der Waals surface area (Å²) in [6.45, 7) is 3.00. The molecule has 0 amide bonds. The molecule has 4 fully saturated rings. The fourth-order valence-corrected chi connectivity index (χ4v) is 6.26. The summed E-state index contributed by atoms with van der Waals surface area (Å²) < 4.78 is 47.2. The zero-order chi connectivity index (χ0) is 35.4. The van der Waals surface area contributed by atoms with Gasteiger partial charge in [-0.3, -0.25) is 0 Å². The molecule has 0 aromatic heterocycles. The summed E-state index contributed by atoms with van der Waals surface area (Å²) in [5.74, 6) is -1.64. The highest BCUT2D eigenvalue weighted by Crippen LogP contribution is 2.37. The Morgan fingerprint density at radius 1 is 0.500 bits per heavy atom. The van der Waals surface area contributed by atoms with Crippen LogP contribution >= 0.6 is 0 Å². The Morgan fingerprint density at radius 2 is 1.04 bits per heavy atom. The second kappa shape index (κ2) is 17.6. The predicted molar refractivity (Wildman–Crippen MR) is 156 cm³/mol. The SMILES string of the molecule is CC1O[C@@H](OC2[C@H](O[C@@H]3C(CO)O[C@@H](OCCCN)C(C)[C@H]3O)OC(CO)[C@H](O)[C@@H]2O[C@H]2OC(CO)[C@H](O)[C@H](O)C2C)C(O)[C@@H](O)[C@@H]1O. The van der Waals surface area contributed by atoms with Crippen molar-refractivity contribution in [2.45, 2.75) is 138 Å². The maximum Gasteiger partial charge on any atom is 0.187 e. The molecule has 0 bridgehead atoms. The van der Waals surface area contributed by atoms with Crippen molar-refractivity contribution in [3.05, 3.63) is 0 Å². The van der Waals surface area contributed by atoms with Crippen molar-refractivity contribution >= 4 is 0 Å². The van der Waals surface area contributed by atoms with Crippen LogP contribution in [0.4, 0.5) is 0 Å². The summed E-state index contributed by atoms with van der Waals surface area (Å²) in [7, 11) is 0. The van der Waals surface area contributed by atoms with Gasteiger partial charge in [0.05, 0.1) is 44.7 Å². The average Bonchev–Trinajstić information content (AvgIpc) is 3.07. The second-order valence-electron chi connectivity index (χ2n) is 12.9. The van der Waals surface area contributed by atoms with Gasteiger partial charge in [0.1, 0.15) is 67.1 Å². The van der Waals surface area contributed by atoms with Gasteiger partial charge in [-0.05, 0) is 19.9 Å². The Balaban J connectivity index is 1.66. The molecule has 4 saturated heterocycles. The highest BCUT2D eigenvalue weighted by molar-refractivity contribution is 4.97. The highest BCUT2D eigenvalue weighted by atomic mass is 16.8. The van der Waals surface area contributed by atoms with Crippen molar-refractivity contribution in [1.82, 2.24) is 0 Å². The van der Waals surface area contributed by atoms with Crippen LogP contribution < -0.4 is 5.73 Å². The van der Waals surface area contributed by atoms with Crippen LogP contribution in [0.5, 0.6) is 0 Å². The quantitative estimate of drug-likeness (QED) is 0.0796. The highest BCUT2D eigenvalue weighted by Gasteiger charge is 2.56. The number of nitrogens with two attached hydrogens (primary N) is 1. The Hall–Kier alpha value is -0.760. The predicted octanol–water partition coefficient (Wildman–Crippen LogP) is -5.80.